The number of para-hydroxylation sites is 2. The lowest BCUT2D eigenvalue weighted by molar-refractivity contribution is 0.0145. The minimum atomic E-state index is -1.07. The van der Waals surface area contributed by atoms with E-state index in [0.717, 1.165) is 6.42 Å². The van der Waals surface area contributed by atoms with Gasteiger partial charge in [-0.3, -0.25) is 0 Å². The maximum atomic E-state index is 10.5. The number of fused-ring (bicyclic) bond motifs is 2. The van der Waals surface area contributed by atoms with Gasteiger partial charge in [0.15, 0.2) is 0 Å². The maximum absolute atomic E-state index is 10.5. The summed E-state index contributed by atoms with van der Waals surface area (Å²) < 4.78 is 11.4. The molecule has 2 N–H and O–H groups in total. The van der Waals surface area contributed by atoms with E-state index in [1.807, 2.05) is 24.3 Å². The first kappa shape index (κ1) is 13.9. The van der Waals surface area contributed by atoms with Crippen LogP contribution < -0.4 is 9.47 Å². The first-order chi connectivity index (χ1) is 10.3. The van der Waals surface area contributed by atoms with Crippen LogP contribution in [0.25, 0.3) is 0 Å². The van der Waals surface area contributed by atoms with Crippen LogP contribution >= 0.6 is 0 Å². The van der Waals surface area contributed by atoms with Gasteiger partial charge in [0, 0.05) is 17.5 Å². The van der Waals surface area contributed by atoms with Crippen molar-refractivity contribution < 1.29 is 19.7 Å². The van der Waals surface area contributed by atoms with E-state index in [2.05, 4.69) is 0 Å². The molecule has 110 valence electrons. The third kappa shape index (κ3) is 2.86. The number of aliphatic hydroxyl groups is 2. The minimum Gasteiger partial charge on any atom is -0.493 e. The fraction of sp³-hybridized carbons (Fsp3) is 0.294. The van der Waals surface area contributed by atoms with Gasteiger partial charge >= 0.3 is 0 Å². The minimum absolute atomic E-state index is 0.502. The molecule has 2 aromatic rings. The van der Waals surface area contributed by atoms with Gasteiger partial charge in [-0.15, -0.1) is 0 Å². The SMILES string of the molecule is O[C@H]1c2ccccc2OCCCOc2ccccc2[C@@H]1O. The van der Waals surface area contributed by atoms with Crippen molar-refractivity contribution in [2.45, 2.75) is 18.6 Å². The van der Waals surface area contributed by atoms with Gasteiger partial charge in [-0.1, -0.05) is 36.4 Å². The van der Waals surface area contributed by atoms with Crippen LogP contribution in [0.5, 0.6) is 11.5 Å². The van der Waals surface area contributed by atoms with E-state index in [1.54, 1.807) is 24.3 Å². The van der Waals surface area contributed by atoms with Crippen molar-refractivity contribution in [1.82, 2.24) is 0 Å². The van der Waals surface area contributed by atoms with Crippen molar-refractivity contribution in [2.24, 2.45) is 0 Å². The Labute approximate surface area is 123 Å². The Morgan fingerprint density at radius 2 is 1.14 bits per heavy atom. The van der Waals surface area contributed by atoms with Crippen molar-refractivity contribution in [3.8, 4) is 11.5 Å². The van der Waals surface area contributed by atoms with Gasteiger partial charge in [0.1, 0.15) is 23.7 Å². The molecule has 4 heteroatoms. The molecular formula is C17H18O4. The average molecular weight is 286 g/mol. The van der Waals surface area contributed by atoms with E-state index in [1.165, 1.54) is 0 Å². The Balaban J connectivity index is 2.04. The van der Waals surface area contributed by atoms with Gasteiger partial charge in [-0.05, 0) is 12.1 Å². The summed E-state index contributed by atoms with van der Waals surface area (Å²) in [6, 6.07) is 14.5. The molecule has 0 aromatic heterocycles. The zero-order valence-corrected chi connectivity index (χ0v) is 11.6. The van der Waals surface area contributed by atoms with Crippen LogP contribution in [0.4, 0.5) is 0 Å². The summed E-state index contributed by atoms with van der Waals surface area (Å²) in [5, 5.41) is 21.0. The molecule has 0 saturated heterocycles. The summed E-state index contributed by atoms with van der Waals surface area (Å²) in [4.78, 5) is 0. The third-order valence-corrected chi connectivity index (χ3v) is 3.58. The second-order valence-corrected chi connectivity index (χ2v) is 5.02. The van der Waals surface area contributed by atoms with Crippen molar-refractivity contribution in [1.29, 1.82) is 0 Å². The van der Waals surface area contributed by atoms with Crippen LogP contribution in [0.2, 0.25) is 0 Å². The van der Waals surface area contributed by atoms with Crippen LogP contribution in [0.15, 0.2) is 48.5 Å². The summed E-state index contributed by atoms with van der Waals surface area (Å²) >= 11 is 0. The van der Waals surface area contributed by atoms with E-state index >= 15 is 0 Å². The van der Waals surface area contributed by atoms with E-state index in [9.17, 15) is 10.2 Å². The molecule has 0 unspecified atom stereocenters. The predicted octanol–water partition coefficient (Wildman–Crippen LogP) is 2.61. The van der Waals surface area contributed by atoms with Crippen LogP contribution in [-0.4, -0.2) is 23.4 Å². The lowest BCUT2D eigenvalue weighted by Gasteiger charge is -2.22. The number of rotatable bonds is 0. The third-order valence-electron chi connectivity index (χ3n) is 3.58. The molecule has 0 spiro atoms. The Bertz CT molecular complexity index is 558. The van der Waals surface area contributed by atoms with E-state index < -0.39 is 12.2 Å². The lowest BCUT2D eigenvalue weighted by atomic mass is 9.97. The molecule has 0 bridgehead atoms. The van der Waals surface area contributed by atoms with Crippen molar-refractivity contribution >= 4 is 0 Å². The van der Waals surface area contributed by atoms with Crippen molar-refractivity contribution in [2.75, 3.05) is 13.2 Å². The van der Waals surface area contributed by atoms with Gasteiger partial charge in [0.05, 0.1) is 13.2 Å². The van der Waals surface area contributed by atoms with E-state index in [4.69, 9.17) is 9.47 Å². The molecule has 21 heavy (non-hydrogen) atoms. The molecular weight excluding hydrogens is 268 g/mol. The summed E-state index contributed by atoms with van der Waals surface area (Å²) in [5.41, 5.74) is 1.17. The molecule has 0 fully saturated rings. The standard InChI is InChI=1S/C17H18O4/c18-16-12-6-1-3-8-14(12)20-10-5-11-21-15-9-4-2-7-13(15)17(16)19/h1-4,6-9,16-19H,5,10-11H2/t16-,17-/m0/s1. The number of hydrogen-bond donors (Lipinski definition) is 2. The van der Waals surface area contributed by atoms with Gasteiger partial charge in [-0.2, -0.15) is 0 Å². The molecule has 4 nitrogen and oxygen atoms in total. The Hall–Kier alpha value is -2.04. The van der Waals surface area contributed by atoms with Crippen LogP contribution in [-0.2, 0) is 0 Å². The number of hydrogen-bond acceptors (Lipinski definition) is 4. The average Bonchev–Trinajstić information content (AvgIpc) is 2.55. The fourth-order valence-corrected chi connectivity index (χ4v) is 2.48. The highest BCUT2D eigenvalue weighted by atomic mass is 16.5. The van der Waals surface area contributed by atoms with Crippen LogP contribution in [0, 0.1) is 0 Å². The highest BCUT2D eigenvalue weighted by Crippen LogP contribution is 2.37. The van der Waals surface area contributed by atoms with Crippen molar-refractivity contribution in [3.63, 3.8) is 0 Å². The smallest absolute Gasteiger partial charge is 0.125 e. The normalized spacial score (nSPS) is 22.0. The van der Waals surface area contributed by atoms with Crippen LogP contribution in [0.1, 0.15) is 29.8 Å². The molecule has 0 radical (unpaired) electrons. The van der Waals surface area contributed by atoms with Crippen molar-refractivity contribution in [3.05, 3.63) is 59.7 Å². The molecule has 1 aliphatic rings. The number of ether oxygens (including phenoxy) is 2. The molecule has 2 atom stereocenters. The van der Waals surface area contributed by atoms with E-state index in [-0.39, 0.29) is 0 Å². The zero-order chi connectivity index (χ0) is 14.7. The van der Waals surface area contributed by atoms with Gasteiger partial charge in [0.25, 0.3) is 0 Å². The summed E-state index contributed by atoms with van der Waals surface area (Å²) in [6.45, 7) is 1.00. The summed E-state index contributed by atoms with van der Waals surface area (Å²) in [7, 11) is 0. The molecule has 1 aliphatic heterocycles. The monoisotopic (exact) mass is 286 g/mol. The highest BCUT2D eigenvalue weighted by molar-refractivity contribution is 5.40. The van der Waals surface area contributed by atoms with Gasteiger partial charge in [-0.25, -0.2) is 0 Å². The molecule has 0 aliphatic carbocycles. The summed E-state index contributed by atoms with van der Waals surface area (Å²) in [5.74, 6) is 1.20. The molecule has 1 heterocycles. The Morgan fingerprint density at radius 1 is 0.714 bits per heavy atom. The molecule has 3 rings (SSSR count). The number of benzene rings is 2. The van der Waals surface area contributed by atoms with Gasteiger partial charge < -0.3 is 19.7 Å². The fourth-order valence-electron chi connectivity index (χ4n) is 2.48. The van der Waals surface area contributed by atoms with E-state index in [0.29, 0.717) is 35.8 Å². The predicted molar refractivity (Wildman–Crippen MR) is 78.4 cm³/mol. The topological polar surface area (TPSA) is 58.9 Å². The lowest BCUT2D eigenvalue weighted by Crippen LogP contribution is -2.12. The second-order valence-electron chi connectivity index (χ2n) is 5.02. The summed E-state index contributed by atoms with van der Waals surface area (Å²) in [6.07, 6.45) is -1.40. The zero-order valence-electron chi connectivity index (χ0n) is 11.6. The Morgan fingerprint density at radius 3 is 1.62 bits per heavy atom. The Kier molecular flexibility index (Phi) is 4.08. The molecule has 2 aromatic carbocycles. The first-order valence-corrected chi connectivity index (χ1v) is 7.07. The quantitative estimate of drug-likeness (QED) is 0.781. The largest absolute Gasteiger partial charge is 0.493 e. The molecule has 0 amide bonds. The molecule has 0 saturated carbocycles. The second kappa shape index (κ2) is 6.16. The first-order valence-electron chi connectivity index (χ1n) is 7.07. The number of aliphatic hydroxyl groups excluding tert-OH is 2. The highest BCUT2D eigenvalue weighted by Gasteiger charge is 2.26. The van der Waals surface area contributed by atoms with Crippen LogP contribution in [0.3, 0.4) is 0 Å². The maximum Gasteiger partial charge on any atom is 0.125 e. The van der Waals surface area contributed by atoms with Gasteiger partial charge in [0.2, 0.25) is 0 Å².